The number of nitrogens with one attached hydrogen (secondary N) is 1. The third-order valence-electron chi connectivity index (χ3n) is 3.64. The van der Waals surface area contributed by atoms with Crippen LogP contribution < -0.4 is 5.32 Å². The molecule has 0 aliphatic carbocycles. The predicted octanol–water partition coefficient (Wildman–Crippen LogP) is 1.78. The van der Waals surface area contributed by atoms with Crippen molar-refractivity contribution in [2.24, 2.45) is 0 Å². The molecule has 0 aromatic heterocycles. The summed E-state index contributed by atoms with van der Waals surface area (Å²) in [5, 5.41) is 3.58. The maximum Gasteiger partial charge on any atom is 0.411 e. The Labute approximate surface area is 106 Å². The molecule has 18 heavy (non-hydrogen) atoms. The fraction of sp³-hybridized carbons (Fsp3) is 1.00. The molecule has 2 atom stereocenters. The van der Waals surface area contributed by atoms with Crippen molar-refractivity contribution >= 4 is 0 Å². The summed E-state index contributed by atoms with van der Waals surface area (Å²) >= 11 is 0. The molecule has 6 heteroatoms. The highest BCUT2D eigenvalue weighted by molar-refractivity contribution is 4.89. The van der Waals surface area contributed by atoms with Crippen molar-refractivity contribution < 1.29 is 17.9 Å². The molecular weight excluding hydrogens is 245 g/mol. The van der Waals surface area contributed by atoms with Crippen LogP contribution in [0.25, 0.3) is 0 Å². The quantitative estimate of drug-likeness (QED) is 0.768. The molecule has 2 aliphatic rings. The first-order chi connectivity index (χ1) is 8.53. The van der Waals surface area contributed by atoms with Crippen LogP contribution in [0.15, 0.2) is 0 Å². The lowest BCUT2D eigenvalue weighted by atomic mass is 10.1. The van der Waals surface area contributed by atoms with E-state index in [4.69, 9.17) is 0 Å². The van der Waals surface area contributed by atoms with Crippen LogP contribution in [-0.4, -0.2) is 56.0 Å². The molecule has 0 amide bonds. The Morgan fingerprint density at radius 3 is 2.72 bits per heavy atom. The minimum Gasteiger partial charge on any atom is -0.372 e. The molecule has 0 aromatic carbocycles. The molecule has 2 unspecified atom stereocenters. The molecule has 0 spiro atoms. The van der Waals surface area contributed by atoms with Crippen LogP contribution in [0, 0.1) is 0 Å². The molecule has 1 N–H and O–H groups in total. The van der Waals surface area contributed by atoms with Gasteiger partial charge in [-0.05, 0) is 32.2 Å². The molecule has 3 nitrogen and oxygen atoms in total. The van der Waals surface area contributed by atoms with Gasteiger partial charge in [0.05, 0.1) is 0 Å². The number of nitrogens with zero attached hydrogens (tertiary/aromatic N) is 1. The van der Waals surface area contributed by atoms with Crippen LogP contribution in [0.3, 0.4) is 0 Å². The maximum absolute atomic E-state index is 11.8. The van der Waals surface area contributed by atoms with Gasteiger partial charge in [-0.3, -0.25) is 0 Å². The van der Waals surface area contributed by atoms with Crippen LogP contribution in [0.1, 0.15) is 25.7 Å². The largest absolute Gasteiger partial charge is 0.411 e. The second kappa shape index (κ2) is 6.21. The Morgan fingerprint density at radius 2 is 1.94 bits per heavy atom. The van der Waals surface area contributed by atoms with Gasteiger partial charge in [0.25, 0.3) is 0 Å². The van der Waals surface area contributed by atoms with Crippen LogP contribution in [0.2, 0.25) is 0 Å². The van der Waals surface area contributed by atoms with Gasteiger partial charge in [0.2, 0.25) is 0 Å². The highest BCUT2D eigenvalue weighted by Gasteiger charge is 2.29. The minimum absolute atomic E-state index is 0.192. The van der Waals surface area contributed by atoms with Crippen LogP contribution in [0.5, 0.6) is 0 Å². The highest BCUT2D eigenvalue weighted by Crippen LogP contribution is 2.20. The molecule has 2 bridgehead atoms. The zero-order valence-electron chi connectivity index (χ0n) is 10.5. The van der Waals surface area contributed by atoms with Gasteiger partial charge >= 0.3 is 6.18 Å². The fourth-order valence-corrected chi connectivity index (χ4v) is 2.80. The van der Waals surface area contributed by atoms with E-state index in [0.717, 1.165) is 26.1 Å². The van der Waals surface area contributed by atoms with Crippen molar-refractivity contribution in [3.05, 3.63) is 0 Å². The van der Waals surface area contributed by atoms with Gasteiger partial charge in [0, 0.05) is 31.8 Å². The molecule has 2 saturated heterocycles. The first-order valence-electron chi connectivity index (χ1n) is 6.66. The monoisotopic (exact) mass is 266 g/mol. The average Bonchev–Trinajstić information content (AvgIpc) is 2.59. The summed E-state index contributed by atoms with van der Waals surface area (Å²) in [5.74, 6) is 0. The Morgan fingerprint density at radius 1 is 1.17 bits per heavy atom. The first kappa shape index (κ1) is 14.1. The fourth-order valence-electron chi connectivity index (χ4n) is 2.80. The van der Waals surface area contributed by atoms with Crippen molar-refractivity contribution in [2.75, 3.05) is 32.8 Å². The third kappa shape index (κ3) is 4.74. The number of hydrogen-bond acceptors (Lipinski definition) is 3. The van der Waals surface area contributed by atoms with E-state index in [1.807, 2.05) is 0 Å². The van der Waals surface area contributed by atoms with Gasteiger partial charge in [-0.25, -0.2) is 0 Å². The summed E-state index contributed by atoms with van der Waals surface area (Å²) in [6.45, 7) is 1.97. The van der Waals surface area contributed by atoms with Gasteiger partial charge in [0.15, 0.2) is 0 Å². The van der Waals surface area contributed by atoms with E-state index in [1.54, 1.807) is 0 Å². The molecule has 2 heterocycles. The van der Waals surface area contributed by atoms with Crippen molar-refractivity contribution in [3.8, 4) is 0 Å². The van der Waals surface area contributed by atoms with E-state index >= 15 is 0 Å². The summed E-state index contributed by atoms with van der Waals surface area (Å²) in [7, 11) is 0. The van der Waals surface area contributed by atoms with Crippen molar-refractivity contribution in [1.29, 1.82) is 0 Å². The van der Waals surface area contributed by atoms with Crippen LogP contribution in [0.4, 0.5) is 13.2 Å². The van der Waals surface area contributed by atoms with Gasteiger partial charge < -0.3 is 15.0 Å². The maximum atomic E-state index is 11.8. The van der Waals surface area contributed by atoms with Crippen molar-refractivity contribution in [2.45, 2.75) is 43.9 Å². The zero-order valence-corrected chi connectivity index (χ0v) is 10.5. The number of fused-ring (bicyclic) bond motifs is 2. The van der Waals surface area contributed by atoms with E-state index in [9.17, 15) is 13.2 Å². The lowest BCUT2D eigenvalue weighted by molar-refractivity contribution is -0.174. The minimum atomic E-state index is -4.20. The standard InChI is InChI=1S/C12H21F3N2O/c13-12(14,15)9-18-7-1-5-17-6-4-10-2-3-11(8-17)16-10/h10-11,16H,1-9H2. The van der Waals surface area contributed by atoms with Crippen LogP contribution >= 0.6 is 0 Å². The van der Waals surface area contributed by atoms with E-state index < -0.39 is 12.8 Å². The summed E-state index contributed by atoms with van der Waals surface area (Å²) in [4.78, 5) is 2.34. The molecule has 0 radical (unpaired) electrons. The second-order valence-electron chi connectivity index (χ2n) is 5.25. The van der Waals surface area contributed by atoms with E-state index in [1.165, 1.54) is 12.8 Å². The number of likely N-dealkylation sites (tertiary alicyclic amines) is 1. The molecule has 106 valence electrons. The average molecular weight is 266 g/mol. The summed E-state index contributed by atoms with van der Waals surface area (Å²) in [6, 6.07) is 1.23. The third-order valence-corrected chi connectivity index (χ3v) is 3.64. The number of rotatable bonds is 5. The molecule has 2 rings (SSSR count). The zero-order chi connectivity index (χ0) is 13.0. The van der Waals surface area contributed by atoms with Crippen molar-refractivity contribution in [1.82, 2.24) is 10.2 Å². The molecule has 2 aliphatic heterocycles. The topological polar surface area (TPSA) is 24.5 Å². The smallest absolute Gasteiger partial charge is 0.372 e. The summed E-state index contributed by atoms with van der Waals surface area (Å²) in [5.41, 5.74) is 0. The first-order valence-corrected chi connectivity index (χ1v) is 6.66. The summed E-state index contributed by atoms with van der Waals surface area (Å²) < 4.78 is 40.2. The predicted molar refractivity (Wildman–Crippen MR) is 62.5 cm³/mol. The van der Waals surface area contributed by atoms with E-state index in [0.29, 0.717) is 18.5 Å². The molecule has 0 saturated carbocycles. The summed E-state index contributed by atoms with van der Waals surface area (Å²) in [6.07, 6.45) is 0.123. The lowest BCUT2D eigenvalue weighted by Crippen LogP contribution is -2.36. The number of alkyl halides is 3. The SMILES string of the molecule is FC(F)(F)COCCCN1CCC2CCC(C1)N2. The number of halogens is 3. The number of ether oxygens (including phenoxy) is 1. The Hall–Kier alpha value is -0.330. The second-order valence-corrected chi connectivity index (χ2v) is 5.25. The molecule has 0 aromatic rings. The van der Waals surface area contributed by atoms with Gasteiger partial charge in [-0.15, -0.1) is 0 Å². The lowest BCUT2D eigenvalue weighted by Gasteiger charge is -2.23. The highest BCUT2D eigenvalue weighted by atomic mass is 19.4. The Bertz CT molecular complexity index is 260. The van der Waals surface area contributed by atoms with E-state index in [2.05, 4.69) is 15.0 Å². The Balaban J connectivity index is 1.56. The van der Waals surface area contributed by atoms with Gasteiger partial charge in [-0.2, -0.15) is 13.2 Å². The van der Waals surface area contributed by atoms with Crippen molar-refractivity contribution in [3.63, 3.8) is 0 Å². The molecular formula is C12H21F3N2O. The number of hydrogen-bond donors (Lipinski definition) is 1. The Kier molecular flexibility index (Phi) is 4.86. The molecule has 2 fully saturated rings. The van der Waals surface area contributed by atoms with E-state index in [-0.39, 0.29) is 6.61 Å². The normalized spacial score (nSPS) is 29.5. The van der Waals surface area contributed by atoms with Gasteiger partial charge in [-0.1, -0.05) is 0 Å². The van der Waals surface area contributed by atoms with Gasteiger partial charge in [0.1, 0.15) is 6.61 Å². The van der Waals surface area contributed by atoms with Crippen LogP contribution in [-0.2, 0) is 4.74 Å².